The number of H-pyrrole nitrogens is 2. The fraction of sp³-hybridized carbons (Fsp3) is 0. The molecule has 0 amide bonds. The summed E-state index contributed by atoms with van der Waals surface area (Å²) < 4.78 is 0. The SMILES string of the molecule is N=COOc1ccc(C=c2[nH]c(=O)c(=Cc3ccccc3)[nH]c2=O)nc1. The summed E-state index contributed by atoms with van der Waals surface area (Å²) in [6.45, 7) is 0. The predicted molar refractivity (Wildman–Crippen MR) is 95.2 cm³/mol. The maximum atomic E-state index is 12.2. The van der Waals surface area contributed by atoms with Crippen LogP contribution in [-0.2, 0) is 4.89 Å². The quantitative estimate of drug-likeness (QED) is 0.259. The molecule has 0 bridgehead atoms. The topological polar surface area (TPSA) is 121 Å². The van der Waals surface area contributed by atoms with Gasteiger partial charge in [0.15, 0.2) is 5.75 Å². The van der Waals surface area contributed by atoms with Gasteiger partial charge in [-0.2, -0.15) is 0 Å². The zero-order valence-electron chi connectivity index (χ0n) is 13.4. The van der Waals surface area contributed by atoms with Gasteiger partial charge in [0, 0.05) is 0 Å². The molecule has 0 fully saturated rings. The predicted octanol–water partition coefficient (Wildman–Crippen LogP) is 0.0333. The summed E-state index contributed by atoms with van der Waals surface area (Å²) in [6, 6.07) is 12.3. The van der Waals surface area contributed by atoms with Crippen LogP contribution in [-0.4, -0.2) is 21.4 Å². The van der Waals surface area contributed by atoms with E-state index in [0.717, 1.165) is 5.56 Å². The Morgan fingerprint density at radius 3 is 2.23 bits per heavy atom. The normalized spacial score (nSPS) is 12.0. The average Bonchev–Trinajstić information content (AvgIpc) is 2.66. The summed E-state index contributed by atoms with van der Waals surface area (Å²) in [6.07, 6.45) is 5.03. The number of aromatic nitrogens is 3. The molecule has 8 nitrogen and oxygen atoms in total. The van der Waals surface area contributed by atoms with E-state index in [9.17, 15) is 9.59 Å². The van der Waals surface area contributed by atoms with Gasteiger partial charge in [-0.3, -0.25) is 29.8 Å². The first kappa shape index (κ1) is 16.9. The number of aromatic amines is 2. The molecule has 0 saturated carbocycles. The maximum absolute atomic E-state index is 12.2. The van der Waals surface area contributed by atoms with Crippen molar-refractivity contribution in [3.05, 3.63) is 91.3 Å². The van der Waals surface area contributed by atoms with Crippen LogP contribution in [0.1, 0.15) is 11.3 Å². The fourth-order valence-electron chi connectivity index (χ4n) is 2.17. The third-order valence-corrected chi connectivity index (χ3v) is 3.34. The second-order valence-electron chi connectivity index (χ2n) is 5.15. The van der Waals surface area contributed by atoms with E-state index in [1.807, 2.05) is 30.3 Å². The van der Waals surface area contributed by atoms with Crippen LogP contribution < -0.4 is 26.7 Å². The molecule has 0 radical (unpaired) electrons. The Bertz CT molecular complexity index is 1130. The third kappa shape index (κ3) is 4.12. The van der Waals surface area contributed by atoms with E-state index in [0.29, 0.717) is 17.8 Å². The molecule has 0 atom stereocenters. The lowest BCUT2D eigenvalue weighted by atomic mass is 10.2. The van der Waals surface area contributed by atoms with E-state index < -0.39 is 11.1 Å². The van der Waals surface area contributed by atoms with Crippen molar-refractivity contribution in [3.63, 3.8) is 0 Å². The zero-order valence-corrected chi connectivity index (χ0v) is 13.4. The number of rotatable bonds is 5. The summed E-state index contributed by atoms with van der Waals surface area (Å²) in [5.74, 6) is 0.292. The summed E-state index contributed by atoms with van der Waals surface area (Å²) >= 11 is 0. The molecule has 0 spiro atoms. The van der Waals surface area contributed by atoms with Gasteiger partial charge in [-0.05, 0) is 29.8 Å². The molecule has 0 aliphatic carbocycles. The van der Waals surface area contributed by atoms with Crippen molar-refractivity contribution < 1.29 is 9.78 Å². The molecular formula is C18H14N4O4. The molecule has 26 heavy (non-hydrogen) atoms. The highest BCUT2D eigenvalue weighted by molar-refractivity contribution is 5.48. The summed E-state index contributed by atoms with van der Waals surface area (Å²) in [5.41, 5.74) is 0.378. The lowest BCUT2D eigenvalue weighted by Gasteiger charge is -1.99. The number of benzene rings is 1. The van der Waals surface area contributed by atoms with Crippen LogP contribution in [0.5, 0.6) is 5.75 Å². The Morgan fingerprint density at radius 1 is 0.923 bits per heavy atom. The zero-order chi connectivity index (χ0) is 18.4. The van der Waals surface area contributed by atoms with Gasteiger partial charge in [-0.15, -0.1) is 0 Å². The second-order valence-corrected chi connectivity index (χ2v) is 5.15. The van der Waals surface area contributed by atoms with Crippen molar-refractivity contribution in [3.8, 4) is 5.75 Å². The van der Waals surface area contributed by atoms with Gasteiger partial charge < -0.3 is 9.97 Å². The van der Waals surface area contributed by atoms with E-state index >= 15 is 0 Å². The summed E-state index contributed by atoms with van der Waals surface area (Å²) in [5, 5.41) is 6.95. The van der Waals surface area contributed by atoms with E-state index in [4.69, 9.17) is 10.3 Å². The molecule has 0 aliphatic heterocycles. The molecule has 3 aromatic rings. The van der Waals surface area contributed by atoms with Crippen LogP contribution in [0.4, 0.5) is 0 Å². The van der Waals surface area contributed by atoms with Crippen LogP contribution in [0.2, 0.25) is 0 Å². The lowest BCUT2D eigenvalue weighted by Crippen LogP contribution is -2.46. The van der Waals surface area contributed by atoms with Crippen molar-refractivity contribution >= 4 is 18.6 Å². The van der Waals surface area contributed by atoms with Gasteiger partial charge in [-0.1, -0.05) is 30.3 Å². The van der Waals surface area contributed by atoms with Crippen molar-refractivity contribution in [1.82, 2.24) is 15.0 Å². The summed E-state index contributed by atoms with van der Waals surface area (Å²) in [7, 11) is 0. The van der Waals surface area contributed by atoms with Crippen molar-refractivity contribution in [2.75, 3.05) is 0 Å². The minimum atomic E-state index is -0.443. The molecule has 3 rings (SSSR count). The highest BCUT2D eigenvalue weighted by Gasteiger charge is 1.99. The van der Waals surface area contributed by atoms with Gasteiger partial charge in [0.2, 0.25) is 6.40 Å². The number of pyridine rings is 1. The molecule has 0 saturated heterocycles. The fourth-order valence-corrected chi connectivity index (χ4v) is 2.17. The summed E-state index contributed by atoms with van der Waals surface area (Å²) in [4.78, 5) is 42.7. The molecule has 2 aromatic heterocycles. The molecule has 1 aromatic carbocycles. The number of nitrogens with zero attached hydrogens (tertiary/aromatic N) is 1. The Morgan fingerprint density at radius 2 is 1.62 bits per heavy atom. The monoisotopic (exact) mass is 350 g/mol. The van der Waals surface area contributed by atoms with Crippen LogP contribution in [0.15, 0.2) is 58.3 Å². The Hall–Kier alpha value is -3.94. The van der Waals surface area contributed by atoms with Crippen molar-refractivity contribution in [1.29, 1.82) is 5.41 Å². The minimum Gasteiger partial charge on any atom is -0.316 e. The highest BCUT2D eigenvalue weighted by Crippen LogP contribution is 2.09. The second kappa shape index (κ2) is 7.75. The number of nitrogens with one attached hydrogen (secondary N) is 3. The number of hydrogen-bond donors (Lipinski definition) is 3. The standard InChI is InChI=1S/C18H14N4O4/c19-11-25-26-14-7-6-13(20-10-14)9-16-18(24)21-15(17(23)22-16)8-12-4-2-1-3-5-12/h1-11,19H,(H,21,24)(H,22,23). The molecule has 3 N–H and O–H groups in total. The largest absolute Gasteiger partial charge is 0.316 e. The van der Waals surface area contributed by atoms with Crippen LogP contribution >= 0.6 is 0 Å². The van der Waals surface area contributed by atoms with Gasteiger partial charge in [-0.25, -0.2) is 0 Å². The molecular weight excluding hydrogens is 336 g/mol. The first-order valence-electron chi connectivity index (χ1n) is 7.55. The van der Waals surface area contributed by atoms with E-state index in [1.54, 1.807) is 18.2 Å². The van der Waals surface area contributed by atoms with E-state index in [2.05, 4.69) is 19.8 Å². The third-order valence-electron chi connectivity index (χ3n) is 3.34. The van der Waals surface area contributed by atoms with Crippen LogP contribution in [0, 0.1) is 5.41 Å². The van der Waals surface area contributed by atoms with Gasteiger partial charge in [0.05, 0.1) is 11.9 Å². The Labute approximate surface area is 146 Å². The minimum absolute atomic E-state index is 0.0807. The molecule has 0 aliphatic rings. The van der Waals surface area contributed by atoms with Crippen LogP contribution in [0.3, 0.4) is 0 Å². The average molecular weight is 350 g/mol. The molecule has 2 heterocycles. The Balaban J connectivity index is 1.97. The number of hydrogen-bond acceptors (Lipinski definition) is 6. The van der Waals surface area contributed by atoms with E-state index in [1.165, 1.54) is 12.3 Å². The van der Waals surface area contributed by atoms with Crippen molar-refractivity contribution in [2.45, 2.75) is 0 Å². The van der Waals surface area contributed by atoms with Crippen molar-refractivity contribution in [2.24, 2.45) is 0 Å². The first-order chi connectivity index (χ1) is 12.7. The van der Waals surface area contributed by atoms with E-state index in [-0.39, 0.29) is 10.7 Å². The highest BCUT2D eigenvalue weighted by atomic mass is 17.2. The van der Waals surface area contributed by atoms with Gasteiger partial charge in [0.1, 0.15) is 10.7 Å². The van der Waals surface area contributed by atoms with Crippen LogP contribution in [0.25, 0.3) is 12.2 Å². The lowest BCUT2D eigenvalue weighted by molar-refractivity contribution is -0.110. The first-order valence-corrected chi connectivity index (χ1v) is 7.55. The molecule has 130 valence electrons. The molecule has 8 heteroatoms. The molecule has 0 unspecified atom stereocenters. The smallest absolute Gasteiger partial charge is 0.272 e. The van der Waals surface area contributed by atoms with Gasteiger partial charge in [0.25, 0.3) is 11.1 Å². The van der Waals surface area contributed by atoms with Gasteiger partial charge >= 0.3 is 0 Å². The Kier molecular flexibility index (Phi) is 5.04. The maximum Gasteiger partial charge on any atom is 0.272 e.